The summed E-state index contributed by atoms with van der Waals surface area (Å²) in [7, 11) is 0. The predicted octanol–water partition coefficient (Wildman–Crippen LogP) is 1.93. The second kappa shape index (κ2) is 9.45. The van der Waals surface area contributed by atoms with Gasteiger partial charge in [-0.05, 0) is 48.5 Å². The maximum absolute atomic E-state index is 13.1. The number of carbonyl (C=O) groups is 2. The number of rotatable bonds is 6. The number of halogens is 1. The minimum absolute atomic E-state index is 0.137. The highest BCUT2D eigenvalue weighted by atomic mass is 19.1. The Labute approximate surface area is 181 Å². The number of benzene rings is 2. The summed E-state index contributed by atoms with van der Waals surface area (Å²) >= 11 is 0. The molecule has 2 aromatic carbocycles. The molecule has 0 bridgehead atoms. The number of nitrogens with zero attached hydrogens (tertiary/aromatic N) is 3. The van der Waals surface area contributed by atoms with E-state index in [-0.39, 0.29) is 37.2 Å². The van der Waals surface area contributed by atoms with E-state index in [4.69, 9.17) is 5.11 Å². The molecule has 2 amide bonds. The van der Waals surface area contributed by atoms with Crippen molar-refractivity contribution in [3.63, 3.8) is 0 Å². The first-order chi connectivity index (χ1) is 15.0. The summed E-state index contributed by atoms with van der Waals surface area (Å²) in [5.41, 5.74) is 2.39. The second-order valence-corrected chi connectivity index (χ2v) is 7.97. The van der Waals surface area contributed by atoms with Gasteiger partial charge in [-0.15, -0.1) is 0 Å². The Morgan fingerprint density at radius 3 is 2.29 bits per heavy atom. The van der Waals surface area contributed by atoms with Crippen molar-refractivity contribution in [2.45, 2.75) is 6.42 Å². The van der Waals surface area contributed by atoms with Crippen LogP contribution in [-0.4, -0.2) is 67.7 Å². The van der Waals surface area contributed by atoms with Crippen molar-refractivity contribution >= 4 is 28.9 Å². The van der Waals surface area contributed by atoms with Crippen LogP contribution in [0.3, 0.4) is 0 Å². The molecule has 7 nitrogen and oxygen atoms in total. The van der Waals surface area contributed by atoms with Gasteiger partial charge >= 0.3 is 0 Å². The lowest BCUT2D eigenvalue weighted by atomic mass is 10.1. The fraction of sp³-hybridized carbons (Fsp3) is 0.391. The third kappa shape index (κ3) is 5.03. The Morgan fingerprint density at radius 1 is 1.00 bits per heavy atom. The highest BCUT2D eigenvalue weighted by Crippen LogP contribution is 2.27. The molecule has 2 fully saturated rings. The molecule has 2 aromatic rings. The number of β-amino-alcohol motifs (C(OH)–C–C–N with tert-alkyl or cyclic N) is 1. The summed E-state index contributed by atoms with van der Waals surface area (Å²) < 4.78 is 13.1. The first kappa shape index (κ1) is 21.3. The molecule has 1 unspecified atom stereocenters. The highest BCUT2D eigenvalue weighted by Gasteiger charge is 2.35. The lowest BCUT2D eigenvalue weighted by molar-refractivity contribution is -0.122. The topological polar surface area (TPSA) is 76.1 Å². The molecule has 0 aromatic heterocycles. The van der Waals surface area contributed by atoms with Crippen molar-refractivity contribution < 1.29 is 19.1 Å². The standard InChI is InChI=1S/C23H27FN4O3/c24-18-1-5-21(6-2-18)28-16-17(15-22(28)30)23(31)25-19-3-7-20(8-4-19)27-11-9-26(10-12-27)13-14-29/h1-8,17,29H,9-16H2,(H,25,31). The number of aliphatic hydroxyl groups is 1. The van der Waals surface area contributed by atoms with Crippen molar-refractivity contribution in [1.82, 2.24) is 4.90 Å². The third-order valence-corrected chi connectivity index (χ3v) is 5.92. The zero-order valence-electron chi connectivity index (χ0n) is 17.3. The summed E-state index contributed by atoms with van der Waals surface area (Å²) in [5.74, 6) is -1.14. The Morgan fingerprint density at radius 2 is 1.65 bits per heavy atom. The average molecular weight is 426 g/mol. The van der Waals surface area contributed by atoms with Gasteiger partial charge in [-0.1, -0.05) is 0 Å². The number of nitrogens with one attached hydrogen (secondary N) is 1. The summed E-state index contributed by atoms with van der Waals surface area (Å²) in [6.45, 7) is 4.80. The second-order valence-electron chi connectivity index (χ2n) is 7.97. The summed E-state index contributed by atoms with van der Waals surface area (Å²) in [5, 5.41) is 12.0. The van der Waals surface area contributed by atoms with Crippen LogP contribution in [0, 0.1) is 11.7 Å². The van der Waals surface area contributed by atoms with Gasteiger partial charge in [0.2, 0.25) is 11.8 Å². The number of anilines is 3. The number of aliphatic hydroxyl groups excluding tert-OH is 1. The van der Waals surface area contributed by atoms with Crippen LogP contribution < -0.4 is 15.1 Å². The fourth-order valence-corrected chi connectivity index (χ4v) is 4.12. The van der Waals surface area contributed by atoms with Gasteiger partial charge in [0.1, 0.15) is 5.82 Å². The molecule has 0 spiro atoms. The normalized spacial score (nSPS) is 19.7. The molecule has 2 aliphatic rings. The van der Waals surface area contributed by atoms with Crippen LogP contribution in [0.15, 0.2) is 48.5 Å². The van der Waals surface area contributed by atoms with E-state index in [1.165, 1.54) is 17.0 Å². The number of carbonyl (C=O) groups excluding carboxylic acids is 2. The van der Waals surface area contributed by atoms with Gasteiger partial charge in [0.05, 0.1) is 12.5 Å². The van der Waals surface area contributed by atoms with Crippen LogP contribution in [0.1, 0.15) is 6.42 Å². The monoisotopic (exact) mass is 426 g/mol. The van der Waals surface area contributed by atoms with Crippen LogP contribution in [0.25, 0.3) is 0 Å². The smallest absolute Gasteiger partial charge is 0.229 e. The van der Waals surface area contributed by atoms with Crippen molar-refractivity contribution in [3.05, 3.63) is 54.3 Å². The molecule has 0 saturated carbocycles. The maximum Gasteiger partial charge on any atom is 0.229 e. The molecule has 31 heavy (non-hydrogen) atoms. The summed E-state index contributed by atoms with van der Waals surface area (Å²) in [6, 6.07) is 13.5. The molecule has 2 saturated heterocycles. The molecule has 2 aliphatic heterocycles. The molecule has 0 aliphatic carbocycles. The van der Waals surface area contributed by atoms with E-state index in [2.05, 4.69) is 15.1 Å². The third-order valence-electron chi connectivity index (χ3n) is 5.92. The van der Waals surface area contributed by atoms with Gasteiger partial charge in [-0.2, -0.15) is 0 Å². The zero-order chi connectivity index (χ0) is 21.8. The molecular formula is C23H27FN4O3. The van der Waals surface area contributed by atoms with E-state index in [1.807, 2.05) is 24.3 Å². The number of hydrogen-bond donors (Lipinski definition) is 2. The zero-order valence-corrected chi connectivity index (χ0v) is 17.3. The van der Waals surface area contributed by atoms with Gasteiger partial charge in [-0.25, -0.2) is 4.39 Å². The number of hydrogen-bond acceptors (Lipinski definition) is 5. The largest absolute Gasteiger partial charge is 0.395 e. The van der Waals surface area contributed by atoms with Crippen molar-refractivity contribution in [2.24, 2.45) is 5.92 Å². The fourth-order valence-electron chi connectivity index (χ4n) is 4.12. The van der Waals surface area contributed by atoms with Crippen LogP contribution >= 0.6 is 0 Å². The van der Waals surface area contributed by atoms with Crippen LogP contribution in [0.5, 0.6) is 0 Å². The van der Waals surface area contributed by atoms with Gasteiger partial charge in [0.25, 0.3) is 0 Å². The van der Waals surface area contributed by atoms with Gasteiger partial charge in [0, 0.05) is 62.8 Å². The van der Waals surface area contributed by atoms with Crippen LogP contribution in [0.4, 0.5) is 21.5 Å². The van der Waals surface area contributed by atoms with Crippen molar-refractivity contribution in [2.75, 3.05) is 61.0 Å². The predicted molar refractivity (Wildman–Crippen MR) is 118 cm³/mol. The molecule has 0 radical (unpaired) electrons. The minimum Gasteiger partial charge on any atom is -0.395 e. The van der Waals surface area contributed by atoms with E-state index >= 15 is 0 Å². The molecule has 4 rings (SSSR count). The van der Waals surface area contributed by atoms with E-state index in [0.717, 1.165) is 31.9 Å². The first-order valence-electron chi connectivity index (χ1n) is 10.6. The molecule has 8 heteroatoms. The first-order valence-corrected chi connectivity index (χ1v) is 10.6. The van der Waals surface area contributed by atoms with E-state index in [0.29, 0.717) is 17.9 Å². The molecule has 164 valence electrons. The van der Waals surface area contributed by atoms with Gasteiger partial charge < -0.3 is 20.2 Å². The van der Waals surface area contributed by atoms with Gasteiger partial charge in [-0.3, -0.25) is 14.5 Å². The molecule has 2 N–H and O–H groups in total. The van der Waals surface area contributed by atoms with Crippen molar-refractivity contribution in [3.8, 4) is 0 Å². The molecule has 1 atom stereocenters. The maximum atomic E-state index is 13.1. The van der Waals surface area contributed by atoms with E-state index < -0.39 is 5.92 Å². The lowest BCUT2D eigenvalue weighted by Gasteiger charge is -2.35. The Kier molecular flexibility index (Phi) is 6.48. The van der Waals surface area contributed by atoms with Crippen LogP contribution in [-0.2, 0) is 9.59 Å². The highest BCUT2D eigenvalue weighted by molar-refractivity contribution is 6.03. The van der Waals surface area contributed by atoms with Crippen LogP contribution in [0.2, 0.25) is 0 Å². The SMILES string of the molecule is O=C(Nc1ccc(N2CCN(CCO)CC2)cc1)C1CC(=O)N(c2ccc(F)cc2)C1. The Bertz CT molecular complexity index is 911. The number of piperazine rings is 1. The molecular weight excluding hydrogens is 399 g/mol. The minimum atomic E-state index is -0.447. The lowest BCUT2D eigenvalue weighted by Crippen LogP contribution is -2.47. The quantitative estimate of drug-likeness (QED) is 0.738. The number of amides is 2. The molecule has 2 heterocycles. The Balaban J connectivity index is 1.32. The summed E-state index contributed by atoms with van der Waals surface area (Å²) in [4.78, 5) is 31.1. The average Bonchev–Trinajstić information content (AvgIpc) is 3.17. The summed E-state index contributed by atoms with van der Waals surface area (Å²) in [6.07, 6.45) is 0.138. The van der Waals surface area contributed by atoms with Gasteiger partial charge in [0.15, 0.2) is 0 Å². The van der Waals surface area contributed by atoms with E-state index in [1.54, 1.807) is 12.1 Å². The van der Waals surface area contributed by atoms with Crippen molar-refractivity contribution in [1.29, 1.82) is 0 Å². The Hall–Kier alpha value is -2.97. The van der Waals surface area contributed by atoms with E-state index in [9.17, 15) is 14.0 Å².